The molecule has 4 rings (SSSR count). The minimum absolute atomic E-state index is 0.00596. The van der Waals surface area contributed by atoms with Crippen LogP contribution in [-0.4, -0.2) is 13.1 Å². The fourth-order valence-corrected chi connectivity index (χ4v) is 3.87. The first-order valence-corrected chi connectivity index (χ1v) is 10.1. The van der Waals surface area contributed by atoms with Crippen LogP contribution >= 0.6 is 15.9 Å². The Balaban J connectivity index is 1.76. The number of benzene rings is 3. The van der Waals surface area contributed by atoms with Crippen molar-refractivity contribution >= 4 is 21.9 Å². The molecule has 1 unspecified atom stereocenters. The van der Waals surface area contributed by atoms with E-state index in [1.807, 2.05) is 24.3 Å². The van der Waals surface area contributed by atoms with E-state index in [0.29, 0.717) is 28.4 Å². The van der Waals surface area contributed by atoms with Gasteiger partial charge in [0.25, 0.3) is 0 Å². The fourth-order valence-electron chi connectivity index (χ4n) is 3.49. The topological polar surface area (TPSA) is 94.6 Å². The second-order valence-corrected chi connectivity index (χ2v) is 7.68. The number of allylic oxidation sites excluding steroid dienone is 1. The molecule has 3 aromatic rings. The highest BCUT2D eigenvalue weighted by Gasteiger charge is 2.33. The molecule has 1 heterocycles. The molecule has 0 aromatic heterocycles. The number of halogens is 1. The molecule has 1 atom stereocenters. The molecule has 31 heavy (non-hydrogen) atoms. The third-order valence-electron chi connectivity index (χ3n) is 4.91. The predicted octanol–water partition coefficient (Wildman–Crippen LogP) is 4.90. The second-order valence-electron chi connectivity index (χ2n) is 6.77. The maximum atomic E-state index is 12.4. The lowest BCUT2D eigenvalue weighted by Gasteiger charge is -2.27. The third kappa shape index (κ3) is 3.98. The number of esters is 1. The SMILES string of the molecule is COc1ccc(Br)cc1C1C(C#N)=C(N)Oc2cc(OC(=O)c3ccccc3)ccc21. The number of carbonyl (C=O) groups excluding carboxylic acids is 1. The van der Waals surface area contributed by atoms with Crippen LogP contribution in [0.3, 0.4) is 0 Å². The molecule has 0 saturated heterocycles. The summed E-state index contributed by atoms with van der Waals surface area (Å²) in [6, 6.07) is 21.4. The highest BCUT2D eigenvalue weighted by Crippen LogP contribution is 2.46. The van der Waals surface area contributed by atoms with Crippen LogP contribution in [0.2, 0.25) is 0 Å². The van der Waals surface area contributed by atoms with Gasteiger partial charge in [-0.2, -0.15) is 5.26 Å². The van der Waals surface area contributed by atoms with Crippen molar-refractivity contribution in [1.82, 2.24) is 0 Å². The smallest absolute Gasteiger partial charge is 0.343 e. The van der Waals surface area contributed by atoms with Gasteiger partial charge in [0, 0.05) is 21.7 Å². The fraction of sp³-hybridized carbons (Fsp3) is 0.0833. The van der Waals surface area contributed by atoms with E-state index in [0.717, 1.165) is 10.0 Å². The lowest BCUT2D eigenvalue weighted by molar-refractivity contribution is 0.0734. The average molecular weight is 477 g/mol. The quantitative estimate of drug-likeness (QED) is 0.425. The molecule has 3 aromatic carbocycles. The van der Waals surface area contributed by atoms with E-state index in [9.17, 15) is 10.1 Å². The molecule has 0 radical (unpaired) electrons. The van der Waals surface area contributed by atoms with Gasteiger partial charge in [-0.1, -0.05) is 40.2 Å². The van der Waals surface area contributed by atoms with E-state index in [2.05, 4.69) is 22.0 Å². The van der Waals surface area contributed by atoms with Crippen molar-refractivity contribution in [2.75, 3.05) is 7.11 Å². The molecule has 0 fully saturated rings. The summed E-state index contributed by atoms with van der Waals surface area (Å²) in [6.07, 6.45) is 0. The first kappa shape index (κ1) is 20.5. The second kappa shape index (κ2) is 8.54. The van der Waals surface area contributed by atoms with Gasteiger partial charge in [-0.3, -0.25) is 0 Å². The molecule has 0 spiro atoms. The molecular weight excluding hydrogens is 460 g/mol. The van der Waals surface area contributed by atoms with Crippen molar-refractivity contribution in [3.05, 3.63) is 99.3 Å². The molecule has 6 nitrogen and oxygen atoms in total. The summed E-state index contributed by atoms with van der Waals surface area (Å²) in [6.45, 7) is 0. The van der Waals surface area contributed by atoms with Gasteiger partial charge in [0.15, 0.2) is 0 Å². The Morgan fingerprint density at radius 1 is 1.10 bits per heavy atom. The number of hydrogen-bond acceptors (Lipinski definition) is 6. The molecule has 0 amide bonds. The molecular formula is C24H17BrN2O4. The van der Waals surface area contributed by atoms with Gasteiger partial charge in [0.05, 0.1) is 18.6 Å². The summed E-state index contributed by atoms with van der Waals surface area (Å²) in [5, 5.41) is 9.76. The van der Waals surface area contributed by atoms with Gasteiger partial charge in [0.1, 0.15) is 28.9 Å². The number of methoxy groups -OCH3 is 1. The highest BCUT2D eigenvalue weighted by atomic mass is 79.9. The van der Waals surface area contributed by atoms with E-state index < -0.39 is 11.9 Å². The van der Waals surface area contributed by atoms with Crippen LogP contribution in [0.1, 0.15) is 27.4 Å². The molecule has 1 aliphatic rings. The van der Waals surface area contributed by atoms with Gasteiger partial charge < -0.3 is 19.9 Å². The number of ether oxygens (including phenoxy) is 3. The van der Waals surface area contributed by atoms with Crippen molar-refractivity contribution in [3.63, 3.8) is 0 Å². The minimum Gasteiger partial charge on any atom is -0.496 e. The van der Waals surface area contributed by atoms with E-state index >= 15 is 0 Å². The first-order valence-electron chi connectivity index (χ1n) is 9.34. The van der Waals surface area contributed by atoms with Crippen LogP contribution in [0.5, 0.6) is 17.2 Å². The number of rotatable bonds is 4. The lowest BCUT2D eigenvalue weighted by atomic mass is 9.83. The lowest BCUT2D eigenvalue weighted by Crippen LogP contribution is -2.21. The van der Waals surface area contributed by atoms with Crippen LogP contribution in [0, 0.1) is 11.3 Å². The summed E-state index contributed by atoms with van der Waals surface area (Å²) in [4.78, 5) is 12.4. The maximum absolute atomic E-state index is 12.4. The van der Waals surface area contributed by atoms with E-state index in [1.165, 1.54) is 0 Å². The Morgan fingerprint density at radius 2 is 1.87 bits per heavy atom. The number of nitrogens with zero attached hydrogens (tertiary/aromatic N) is 1. The summed E-state index contributed by atoms with van der Waals surface area (Å²) < 4.78 is 17.5. The third-order valence-corrected chi connectivity index (χ3v) is 5.41. The molecule has 7 heteroatoms. The van der Waals surface area contributed by atoms with Gasteiger partial charge >= 0.3 is 5.97 Å². The van der Waals surface area contributed by atoms with Crippen molar-refractivity contribution in [2.24, 2.45) is 5.73 Å². The Kier molecular flexibility index (Phi) is 5.65. The van der Waals surface area contributed by atoms with Gasteiger partial charge in [0.2, 0.25) is 5.88 Å². The van der Waals surface area contributed by atoms with Crippen molar-refractivity contribution in [2.45, 2.75) is 5.92 Å². The van der Waals surface area contributed by atoms with Crippen LogP contribution in [0.4, 0.5) is 0 Å². The van der Waals surface area contributed by atoms with Crippen LogP contribution in [0.15, 0.2) is 82.7 Å². The molecule has 0 bridgehead atoms. The zero-order valence-electron chi connectivity index (χ0n) is 16.5. The van der Waals surface area contributed by atoms with Gasteiger partial charge in [-0.15, -0.1) is 0 Å². The normalized spacial score (nSPS) is 14.8. The maximum Gasteiger partial charge on any atom is 0.343 e. The minimum atomic E-state index is -0.500. The number of nitrogens with two attached hydrogens (primary N) is 1. The number of hydrogen-bond donors (Lipinski definition) is 1. The molecule has 1 aliphatic heterocycles. The molecule has 0 saturated carbocycles. The van der Waals surface area contributed by atoms with Crippen molar-refractivity contribution in [3.8, 4) is 23.3 Å². The van der Waals surface area contributed by atoms with Gasteiger partial charge in [-0.05, 0) is 36.4 Å². The van der Waals surface area contributed by atoms with Crippen LogP contribution < -0.4 is 19.9 Å². The van der Waals surface area contributed by atoms with Gasteiger partial charge in [-0.25, -0.2) is 4.79 Å². The molecule has 2 N–H and O–H groups in total. The van der Waals surface area contributed by atoms with E-state index in [1.54, 1.807) is 49.6 Å². The zero-order chi connectivity index (χ0) is 22.0. The molecule has 0 aliphatic carbocycles. The van der Waals surface area contributed by atoms with Crippen molar-refractivity contribution < 1.29 is 19.0 Å². The highest BCUT2D eigenvalue weighted by molar-refractivity contribution is 9.10. The summed E-state index contributed by atoms with van der Waals surface area (Å²) in [5.41, 5.74) is 8.26. The van der Waals surface area contributed by atoms with Crippen molar-refractivity contribution in [1.29, 1.82) is 5.26 Å². The number of nitriles is 1. The largest absolute Gasteiger partial charge is 0.496 e. The number of fused-ring (bicyclic) bond motifs is 1. The average Bonchev–Trinajstić information content (AvgIpc) is 2.78. The monoisotopic (exact) mass is 476 g/mol. The van der Waals surface area contributed by atoms with Crippen LogP contribution in [0.25, 0.3) is 0 Å². The standard InChI is InChI=1S/C24H17BrN2O4/c1-29-20-10-7-15(25)11-18(20)22-17-9-8-16(12-21(17)31-23(27)19(22)13-26)30-24(28)14-5-3-2-4-6-14/h2-12,22H,27H2,1H3. The Labute approximate surface area is 187 Å². The summed E-state index contributed by atoms with van der Waals surface area (Å²) in [5.74, 6) is 0.334. The zero-order valence-corrected chi connectivity index (χ0v) is 18.0. The predicted molar refractivity (Wildman–Crippen MR) is 118 cm³/mol. The first-order chi connectivity index (χ1) is 15.0. The van der Waals surface area contributed by atoms with E-state index in [-0.39, 0.29) is 11.5 Å². The van der Waals surface area contributed by atoms with E-state index in [4.69, 9.17) is 19.9 Å². The Bertz CT molecular complexity index is 1230. The summed E-state index contributed by atoms with van der Waals surface area (Å²) >= 11 is 3.48. The Hall–Kier alpha value is -3.76. The summed E-state index contributed by atoms with van der Waals surface area (Å²) in [7, 11) is 1.57. The number of carbonyl (C=O) groups is 1. The Morgan fingerprint density at radius 3 is 2.58 bits per heavy atom. The van der Waals surface area contributed by atoms with Crippen LogP contribution in [-0.2, 0) is 0 Å². The molecule has 154 valence electrons.